The Bertz CT molecular complexity index is 393. The zero-order chi connectivity index (χ0) is 14.4. The molecule has 2 rings (SSSR count). The molecule has 0 saturated carbocycles. The molecule has 0 spiro atoms. The van der Waals surface area contributed by atoms with E-state index in [1.54, 1.807) is 0 Å². The summed E-state index contributed by atoms with van der Waals surface area (Å²) in [6, 6.07) is 4.81. The van der Waals surface area contributed by atoms with Gasteiger partial charge < -0.3 is 10.2 Å². The molecule has 4 heteroatoms. The molecule has 2 unspecified atom stereocenters. The van der Waals surface area contributed by atoms with Crippen molar-refractivity contribution in [1.82, 2.24) is 10.3 Å². The normalized spacial score (nSPS) is 20.9. The van der Waals surface area contributed by atoms with E-state index >= 15 is 0 Å². The first-order valence-electron chi connectivity index (χ1n) is 7.84. The maximum atomic E-state index is 4.68. The van der Waals surface area contributed by atoms with Gasteiger partial charge in [0, 0.05) is 30.1 Å². The smallest absolute Gasteiger partial charge is 0.0574 e. The minimum absolute atomic E-state index is 0.384. The highest BCUT2D eigenvalue weighted by Crippen LogP contribution is 2.26. The predicted octanol–water partition coefficient (Wildman–Crippen LogP) is 3.47. The summed E-state index contributed by atoms with van der Waals surface area (Å²) in [5.41, 5.74) is 2.44. The summed E-state index contributed by atoms with van der Waals surface area (Å²) in [5.74, 6) is 1.23. The zero-order valence-electron chi connectivity index (χ0n) is 12.9. The van der Waals surface area contributed by atoms with Crippen molar-refractivity contribution in [2.45, 2.75) is 44.9 Å². The maximum absolute atomic E-state index is 4.68. The summed E-state index contributed by atoms with van der Waals surface area (Å²) in [5, 5.41) is 4.26. The van der Waals surface area contributed by atoms with Crippen molar-refractivity contribution in [3.63, 3.8) is 0 Å². The number of rotatable bonds is 6. The fraction of sp³-hybridized carbons (Fsp3) is 0.688. The second kappa shape index (κ2) is 7.89. The Balaban J connectivity index is 2.03. The van der Waals surface area contributed by atoms with Gasteiger partial charge in [-0.15, -0.1) is 0 Å². The summed E-state index contributed by atoms with van der Waals surface area (Å²) < 4.78 is 0. The van der Waals surface area contributed by atoms with Crippen LogP contribution < -0.4 is 10.2 Å². The van der Waals surface area contributed by atoms with E-state index in [1.165, 1.54) is 17.9 Å². The molecule has 1 N–H and O–H groups in total. The molecule has 20 heavy (non-hydrogen) atoms. The molecule has 0 amide bonds. The standard InChI is InChI=1S/C16H27N3S/c1-4-14-12-19(9-10-20-14)13-7-8-16(18-11-13)15(5-2)17-6-3/h7-8,11,14-15,17H,4-6,9-10,12H2,1-3H3. The molecule has 0 bridgehead atoms. The lowest BCUT2D eigenvalue weighted by molar-refractivity contribution is 0.524. The average Bonchev–Trinajstić information content (AvgIpc) is 2.53. The van der Waals surface area contributed by atoms with Gasteiger partial charge >= 0.3 is 0 Å². The van der Waals surface area contributed by atoms with Crippen LogP contribution in [-0.4, -0.2) is 35.6 Å². The van der Waals surface area contributed by atoms with Crippen molar-refractivity contribution >= 4 is 17.4 Å². The van der Waals surface area contributed by atoms with E-state index in [-0.39, 0.29) is 0 Å². The quantitative estimate of drug-likeness (QED) is 0.869. The molecule has 0 radical (unpaired) electrons. The minimum Gasteiger partial charge on any atom is -0.368 e. The third-order valence-corrected chi connectivity index (χ3v) is 5.32. The van der Waals surface area contributed by atoms with Gasteiger partial charge in [0.2, 0.25) is 0 Å². The van der Waals surface area contributed by atoms with Crippen molar-refractivity contribution in [2.24, 2.45) is 0 Å². The lowest BCUT2D eigenvalue weighted by Crippen LogP contribution is -2.37. The molecule has 2 atom stereocenters. The first-order chi connectivity index (χ1) is 9.78. The molecular formula is C16H27N3S. The van der Waals surface area contributed by atoms with E-state index < -0.39 is 0 Å². The highest BCUT2D eigenvalue weighted by molar-refractivity contribution is 8.00. The second-order valence-corrected chi connectivity index (χ2v) is 6.72. The number of nitrogens with zero attached hydrogens (tertiary/aromatic N) is 2. The summed E-state index contributed by atoms with van der Waals surface area (Å²) in [6.45, 7) is 9.93. The molecule has 1 aliphatic rings. The highest BCUT2D eigenvalue weighted by atomic mass is 32.2. The Morgan fingerprint density at radius 3 is 2.85 bits per heavy atom. The van der Waals surface area contributed by atoms with Crippen LogP contribution >= 0.6 is 11.8 Å². The van der Waals surface area contributed by atoms with E-state index in [9.17, 15) is 0 Å². The molecule has 1 saturated heterocycles. The summed E-state index contributed by atoms with van der Waals surface area (Å²) in [6.07, 6.45) is 4.39. The van der Waals surface area contributed by atoms with Gasteiger partial charge in [-0.2, -0.15) is 11.8 Å². The van der Waals surface area contributed by atoms with E-state index in [0.29, 0.717) is 6.04 Å². The van der Waals surface area contributed by atoms with Crippen LogP contribution in [0.3, 0.4) is 0 Å². The van der Waals surface area contributed by atoms with E-state index in [1.807, 2.05) is 0 Å². The highest BCUT2D eigenvalue weighted by Gasteiger charge is 2.19. The van der Waals surface area contributed by atoms with Crippen LogP contribution in [-0.2, 0) is 0 Å². The summed E-state index contributed by atoms with van der Waals surface area (Å²) in [7, 11) is 0. The maximum Gasteiger partial charge on any atom is 0.0574 e. The molecule has 112 valence electrons. The molecule has 1 fully saturated rings. The molecular weight excluding hydrogens is 266 g/mol. The lowest BCUT2D eigenvalue weighted by Gasteiger charge is -2.33. The van der Waals surface area contributed by atoms with E-state index in [4.69, 9.17) is 0 Å². The molecule has 0 aliphatic carbocycles. The van der Waals surface area contributed by atoms with Crippen LogP contribution in [0.1, 0.15) is 45.3 Å². The Kier molecular flexibility index (Phi) is 6.17. The van der Waals surface area contributed by atoms with Gasteiger partial charge in [0.25, 0.3) is 0 Å². The number of anilines is 1. The Morgan fingerprint density at radius 1 is 1.40 bits per heavy atom. The predicted molar refractivity (Wildman–Crippen MR) is 89.7 cm³/mol. The minimum atomic E-state index is 0.384. The summed E-state index contributed by atoms with van der Waals surface area (Å²) >= 11 is 2.11. The van der Waals surface area contributed by atoms with Crippen LogP contribution in [0.5, 0.6) is 0 Å². The monoisotopic (exact) mass is 293 g/mol. The number of aromatic nitrogens is 1. The van der Waals surface area contributed by atoms with Gasteiger partial charge in [-0.1, -0.05) is 20.8 Å². The molecule has 1 aliphatic heterocycles. The van der Waals surface area contributed by atoms with Crippen molar-refractivity contribution in [3.8, 4) is 0 Å². The van der Waals surface area contributed by atoms with Crippen LogP contribution in [0.15, 0.2) is 18.3 Å². The third kappa shape index (κ3) is 3.89. The van der Waals surface area contributed by atoms with Crippen molar-refractivity contribution in [3.05, 3.63) is 24.0 Å². The molecule has 1 aromatic heterocycles. The van der Waals surface area contributed by atoms with Gasteiger partial charge in [0.1, 0.15) is 0 Å². The first kappa shape index (κ1) is 15.6. The van der Waals surface area contributed by atoms with Crippen LogP contribution in [0, 0.1) is 0 Å². The lowest BCUT2D eigenvalue weighted by atomic mass is 10.1. The van der Waals surface area contributed by atoms with Crippen molar-refractivity contribution in [1.29, 1.82) is 0 Å². The zero-order valence-corrected chi connectivity index (χ0v) is 13.7. The number of hydrogen-bond acceptors (Lipinski definition) is 4. The average molecular weight is 293 g/mol. The molecule has 0 aromatic carbocycles. The molecule has 3 nitrogen and oxygen atoms in total. The molecule has 2 heterocycles. The van der Waals surface area contributed by atoms with Crippen LogP contribution in [0.2, 0.25) is 0 Å². The Hall–Kier alpha value is -0.740. The number of pyridine rings is 1. The van der Waals surface area contributed by atoms with Crippen LogP contribution in [0.25, 0.3) is 0 Å². The van der Waals surface area contributed by atoms with E-state index in [0.717, 1.165) is 37.0 Å². The van der Waals surface area contributed by atoms with Gasteiger partial charge in [-0.3, -0.25) is 4.98 Å². The SMILES string of the molecule is CCNC(CC)c1ccc(N2CCSC(CC)C2)cn1. The van der Waals surface area contributed by atoms with Crippen LogP contribution in [0.4, 0.5) is 5.69 Å². The third-order valence-electron chi connectivity index (χ3n) is 3.95. The summed E-state index contributed by atoms with van der Waals surface area (Å²) in [4.78, 5) is 7.17. The van der Waals surface area contributed by atoms with Gasteiger partial charge in [0.15, 0.2) is 0 Å². The fourth-order valence-corrected chi connectivity index (χ4v) is 3.88. The van der Waals surface area contributed by atoms with Gasteiger partial charge in [0.05, 0.1) is 17.6 Å². The van der Waals surface area contributed by atoms with Gasteiger partial charge in [-0.25, -0.2) is 0 Å². The fourth-order valence-electron chi connectivity index (χ4n) is 2.70. The second-order valence-electron chi connectivity index (χ2n) is 5.31. The Labute approximate surface area is 127 Å². The Morgan fingerprint density at radius 2 is 2.25 bits per heavy atom. The first-order valence-corrected chi connectivity index (χ1v) is 8.89. The largest absolute Gasteiger partial charge is 0.368 e. The number of thioether (sulfide) groups is 1. The van der Waals surface area contributed by atoms with Crippen molar-refractivity contribution in [2.75, 3.05) is 30.3 Å². The van der Waals surface area contributed by atoms with Gasteiger partial charge in [-0.05, 0) is 31.5 Å². The molecule has 1 aromatic rings. The van der Waals surface area contributed by atoms with E-state index in [2.05, 4.69) is 66.1 Å². The topological polar surface area (TPSA) is 28.2 Å². The number of hydrogen-bond donors (Lipinski definition) is 1. The van der Waals surface area contributed by atoms with Crippen molar-refractivity contribution < 1.29 is 0 Å². The number of nitrogens with one attached hydrogen (secondary N) is 1.